The summed E-state index contributed by atoms with van der Waals surface area (Å²) in [5.74, 6) is -0.963. The molecule has 3 rings (SSSR count). The molecule has 30 heavy (non-hydrogen) atoms. The van der Waals surface area contributed by atoms with Gasteiger partial charge in [-0.2, -0.15) is 11.8 Å². The van der Waals surface area contributed by atoms with Gasteiger partial charge >= 0.3 is 5.97 Å². The minimum atomic E-state index is -0.995. The first-order valence-electron chi connectivity index (χ1n) is 10.8. The highest BCUT2D eigenvalue weighted by molar-refractivity contribution is 7.98. The summed E-state index contributed by atoms with van der Waals surface area (Å²) < 4.78 is 0. The van der Waals surface area contributed by atoms with Crippen LogP contribution in [0.3, 0.4) is 0 Å². The number of nitrogens with one attached hydrogen (secondary N) is 2. The van der Waals surface area contributed by atoms with Gasteiger partial charge in [0.1, 0.15) is 18.1 Å². The van der Waals surface area contributed by atoms with E-state index < -0.39 is 24.1 Å². The van der Waals surface area contributed by atoms with Crippen LogP contribution in [0.4, 0.5) is 0 Å². The van der Waals surface area contributed by atoms with Crippen molar-refractivity contribution in [1.29, 1.82) is 0 Å². The SMILES string of the molecule is CSCCC(NC(=O)C1CCCN1)C(=O)N1CCCC1C(=O)N1CCCC1C(=O)O. The zero-order valence-corrected chi connectivity index (χ0v) is 18.3. The van der Waals surface area contributed by atoms with Crippen molar-refractivity contribution in [2.45, 2.75) is 69.1 Å². The topological polar surface area (TPSA) is 119 Å². The maximum Gasteiger partial charge on any atom is 0.326 e. The van der Waals surface area contributed by atoms with Crippen molar-refractivity contribution in [3.63, 3.8) is 0 Å². The average molecular weight is 441 g/mol. The molecule has 3 amide bonds. The van der Waals surface area contributed by atoms with E-state index in [0.717, 1.165) is 19.4 Å². The predicted octanol–water partition coefficient (Wildman–Crippen LogP) is 0.0429. The number of thioether (sulfide) groups is 1. The first kappa shape index (κ1) is 22.9. The van der Waals surface area contributed by atoms with Gasteiger partial charge in [0, 0.05) is 13.1 Å². The molecule has 3 N–H and O–H groups in total. The number of amides is 3. The van der Waals surface area contributed by atoms with E-state index in [-0.39, 0.29) is 23.8 Å². The maximum absolute atomic E-state index is 13.3. The smallest absolute Gasteiger partial charge is 0.326 e. The first-order chi connectivity index (χ1) is 14.4. The van der Waals surface area contributed by atoms with E-state index in [1.165, 1.54) is 4.90 Å². The molecule has 0 bridgehead atoms. The Bertz CT molecular complexity index is 670. The van der Waals surface area contributed by atoms with Gasteiger partial charge in [0.2, 0.25) is 17.7 Å². The van der Waals surface area contributed by atoms with Crippen molar-refractivity contribution in [2.24, 2.45) is 0 Å². The molecule has 9 nitrogen and oxygen atoms in total. The Morgan fingerprint density at radius 2 is 1.77 bits per heavy atom. The number of carbonyl (C=O) groups is 4. The summed E-state index contributed by atoms with van der Waals surface area (Å²) in [7, 11) is 0. The fraction of sp³-hybridized carbons (Fsp3) is 0.800. The fourth-order valence-corrected chi connectivity index (χ4v) is 5.11. The lowest BCUT2D eigenvalue weighted by molar-refractivity contribution is -0.152. The number of hydrogen-bond donors (Lipinski definition) is 3. The molecule has 0 aliphatic carbocycles. The Kier molecular flexibility index (Phi) is 7.99. The molecule has 0 radical (unpaired) electrons. The zero-order chi connectivity index (χ0) is 21.7. The van der Waals surface area contributed by atoms with Crippen LogP contribution >= 0.6 is 11.8 Å². The van der Waals surface area contributed by atoms with Gasteiger partial charge in [-0.3, -0.25) is 14.4 Å². The Labute approximate surface area is 181 Å². The van der Waals surface area contributed by atoms with Crippen molar-refractivity contribution >= 4 is 35.5 Å². The van der Waals surface area contributed by atoms with Gasteiger partial charge in [-0.05, 0) is 63.5 Å². The van der Waals surface area contributed by atoms with Gasteiger partial charge < -0.3 is 25.5 Å². The van der Waals surface area contributed by atoms with Crippen molar-refractivity contribution in [1.82, 2.24) is 20.4 Å². The Hall–Kier alpha value is -1.81. The summed E-state index contributed by atoms with van der Waals surface area (Å²) in [6, 6.07) is -2.40. The fourth-order valence-electron chi connectivity index (χ4n) is 4.64. The number of aliphatic carboxylic acids is 1. The third kappa shape index (κ3) is 5.08. The third-order valence-electron chi connectivity index (χ3n) is 6.24. The number of carbonyl (C=O) groups excluding carboxylic acids is 3. The quantitative estimate of drug-likeness (QED) is 0.488. The summed E-state index contributed by atoms with van der Waals surface area (Å²) in [6.45, 7) is 1.66. The largest absolute Gasteiger partial charge is 0.480 e. The molecular formula is C20H32N4O5S. The number of hydrogen-bond acceptors (Lipinski definition) is 6. The minimum Gasteiger partial charge on any atom is -0.480 e. The van der Waals surface area contributed by atoms with Crippen LogP contribution in [0.15, 0.2) is 0 Å². The van der Waals surface area contributed by atoms with Crippen LogP contribution in [0.25, 0.3) is 0 Å². The van der Waals surface area contributed by atoms with Crippen LogP contribution in [-0.2, 0) is 19.2 Å². The Morgan fingerprint density at radius 1 is 1.07 bits per heavy atom. The van der Waals surface area contributed by atoms with Gasteiger partial charge in [0.25, 0.3) is 0 Å². The van der Waals surface area contributed by atoms with Crippen LogP contribution in [-0.4, -0.2) is 94.4 Å². The Balaban J connectivity index is 1.69. The van der Waals surface area contributed by atoms with Gasteiger partial charge in [-0.15, -0.1) is 0 Å². The highest BCUT2D eigenvalue weighted by atomic mass is 32.2. The lowest BCUT2D eigenvalue weighted by atomic mass is 10.1. The molecule has 4 unspecified atom stereocenters. The van der Waals surface area contributed by atoms with Crippen molar-refractivity contribution < 1.29 is 24.3 Å². The molecule has 0 aromatic rings. The van der Waals surface area contributed by atoms with Crippen molar-refractivity contribution in [3.05, 3.63) is 0 Å². The van der Waals surface area contributed by atoms with Gasteiger partial charge in [0.15, 0.2) is 0 Å². The molecule has 3 aliphatic heterocycles. The summed E-state index contributed by atoms with van der Waals surface area (Å²) in [5.41, 5.74) is 0. The number of carboxylic acids is 1. The first-order valence-corrected chi connectivity index (χ1v) is 12.2. The molecule has 4 atom stereocenters. The van der Waals surface area contributed by atoms with Crippen LogP contribution < -0.4 is 10.6 Å². The van der Waals surface area contributed by atoms with E-state index in [9.17, 15) is 24.3 Å². The van der Waals surface area contributed by atoms with E-state index in [1.54, 1.807) is 16.7 Å². The molecule has 0 spiro atoms. The highest BCUT2D eigenvalue weighted by Crippen LogP contribution is 2.26. The van der Waals surface area contributed by atoms with E-state index in [4.69, 9.17) is 0 Å². The van der Waals surface area contributed by atoms with Crippen molar-refractivity contribution in [2.75, 3.05) is 31.6 Å². The Morgan fingerprint density at radius 3 is 2.40 bits per heavy atom. The van der Waals surface area contributed by atoms with Gasteiger partial charge in [-0.1, -0.05) is 0 Å². The number of carboxylic acid groups (broad SMARTS) is 1. The third-order valence-corrected chi connectivity index (χ3v) is 6.89. The van der Waals surface area contributed by atoms with Crippen LogP contribution in [0.1, 0.15) is 44.9 Å². The lowest BCUT2D eigenvalue weighted by Gasteiger charge is -2.32. The average Bonchev–Trinajstić information content (AvgIpc) is 3.50. The molecule has 3 fully saturated rings. The van der Waals surface area contributed by atoms with Crippen LogP contribution in [0.5, 0.6) is 0 Å². The maximum atomic E-state index is 13.3. The summed E-state index contributed by atoms with van der Waals surface area (Å²) in [5, 5.41) is 15.5. The van der Waals surface area contributed by atoms with Gasteiger partial charge in [-0.25, -0.2) is 4.79 Å². The molecule has 3 saturated heterocycles. The molecule has 0 aromatic carbocycles. The summed E-state index contributed by atoms with van der Waals surface area (Å²) in [6.07, 6.45) is 6.46. The molecule has 0 saturated carbocycles. The van der Waals surface area contributed by atoms with E-state index in [1.807, 2.05) is 6.26 Å². The second-order valence-electron chi connectivity index (χ2n) is 8.21. The molecule has 3 aliphatic rings. The zero-order valence-electron chi connectivity index (χ0n) is 17.5. The normalized spacial score (nSPS) is 27.3. The molecule has 0 aromatic heterocycles. The van der Waals surface area contributed by atoms with Gasteiger partial charge in [0.05, 0.1) is 6.04 Å². The minimum absolute atomic E-state index is 0.167. The number of likely N-dealkylation sites (tertiary alicyclic amines) is 2. The molecule has 10 heteroatoms. The monoisotopic (exact) mass is 440 g/mol. The summed E-state index contributed by atoms with van der Waals surface area (Å²) in [4.78, 5) is 53.5. The van der Waals surface area contributed by atoms with Crippen LogP contribution in [0.2, 0.25) is 0 Å². The predicted molar refractivity (Wildman–Crippen MR) is 113 cm³/mol. The summed E-state index contributed by atoms with van der Waals surface area (Å²) >= 11 is 1.60. The molecular weight excluding hydrogens is 408 g/mol. The van der Waals surface area contributed by atoms with Crippen molar-refractivity contribution in [3.8, 4) is 0 Å². The lowest BCUT2D eigenvalue weighted by Crippen LogP contribution is -2.56. The van der Waals surface area contributed by atoms with Crippen LogP contribution in [0, 0.1) is 0 Å². The van der Waals surface area contributed by atoms with E-state index in [2.05, 4.69) is 10.6 Å². The molecule has 168 valence electrons. The highest BCUT2D eigenvalue weighted by Gasteiger charge is 2.43. The standard InChI is InChI=1S/C20H32N4O5S/c1-30-12-8-14(22-17(25)13-5-2-9-21-13)18(26)23-10-3-6-15(23)19(27)24-11-4-7-16(24)20(28)29/h13-16,21H,2-12H2,1H3,(H,22,25)(H,28,29). The molecule has 3 heterocycles. The second kappa shape index (κ2) is 10.5. The second-order valence-corrected chi connectivity index (χ2v) is 9.19. The number of rotatable bonds is 8. The number of nitrogens with zero attached hydrogens (tertiary/aromatic N) is 2. The van der Waals surface area contributed by atoms with E-state index >= 15 is 0 Å². The van der Waals surface area contributed by atoms with E-state index in [0.29, 0.717) is 50.9 Å².